The molecule has 0 amide bonds. The SMILES string of the molecule is CN(C)CC(Cc1ccccc1)C(=O)c1ccc2cc(O)ccc2c1. The van der Waals surface area contributed by atoms with Gasteiger partial charge in [0.15, 0.2) is 5.78 Å². The largest absolute Gasteiger partial charge is 0.508 e. The van der Waals surface area contributed by atoms with E-state index in [0.29, 0.717) is 6.54 Å². The van der Waals surface area contributed by atoms with Crippen molar-refractivity contribution in [1.29, 1.82) is 0 Å². The number of phenols is 1. The summed E-state index contributed by atoms with van der Waals surface area (Å²) < 4.78 is 0. The molecule has 0 saturated heterocycles. The van der Waals surface area contributed by atoms with E-state index >= 15 is 0 Å². The molecule has 128 valence electrons. The van der Waals surface area contributed by atoms with Gasteiger partial charge in [-0.2, -0.15) is 0 Å². The third-order valence-electron chi connectivity index (χ3n) is 4.39. The second-order valence-corrected chi connectivity index (χ2v) is 6.76. The van der Waals surface area contributed by atoms with Crippen molar-refractivity contribution in [3.63, 3.8) is 0 Å². The highest BCUT2D eigenvalue weighted by Crippen LogP contribution is 2.23. The van der Waals surface area contributed by atoms with Crippen LogP contribution in [0.3, 0.4) is 0 Å². The minimum Gasteiger partial charge on any atom is -0.508 e. The van der Waals surface area contributed by atoms with E-state index < -0.39 is 0 Å². The number of Topliss-reactive ketones (excluding diaryl/α,β-unsaturated/α-hetero) is 1. The molecule has 0 spiro atoms. The summed E-state index contributed by atoms with van der Waals surface area (Å²) in [5, 5.41) is 11.5. The Morgan fingerprint density at radius 2 is 1.64 bits per heavy atom. The van der Waals surface area contributed by atoms with Gasteiger partial charge in [0.1, 0.15) is 5.75 Å². The summed E-state index contributed by atoms with van der Waals surface area (Å²) in [5.41, 5.74) is 1.90. The second-order valence-electron chi connectivity index (χ2n) is 6.76. The Morgan fingerprint density at radius 3 is 2.36 bits per heavy atom. The standard InChI is InChI=1S/C22H23NO2/c1-23(2)15-20(12-16-6-4-3-5-7-16)22(25)19-9-8-18-14-21(24)11-10-17(18)13-19/h3-11,13-14,20,24H,12,15H2,1-2H3. The molecule has 0 radical (unpaired) electrons. The van der Waals surface area contributed by atoms with Crippen molar-refractivity contribution in [3.05, 3.63) is 77.9 Å². The summed E-state index contributed by atoms with van der Waals surface area (Å²) in [6.45, 7) is 0.710. The quantitative estimate of drug-likeness (QED) is 0.689. The number of fused-ring (bicyclic) bond motifs is 1. The van der Waals surface area contributed by atoms with Crippen molar-refractivity contribution in [3.8, 4) is 5.75 Å². The van der Waals surface area contributed by atoms with Crippen LogP contribution in [0.5, 0.6) is 5.75 Å². The van der Waals surface area contributed by atoms with E-state index in [1.165, 1.54) is 5.56 Å². The molecule has 25 heavy (non-hydrogen) atoms. The molecule has 3 aromatic carbocycles. The summed E-state index contributed by atoms with van der Waals surface area (Å²) in [4.78, 5) is 15.2. The first kappa shape index (κ1) is 17.2. The first-order chi connectivity index (χ1) is 12.0. The molecular weight excluding hydrogens is 310 g/mol. The van der Waals surface area contributed by atoms with Gasteiger partial charge in [-0.05, 0) is 55.1 Å². The molecule has 0 fully saturated rings. The van der Waals surface area contributed by atoms with E-state index in [1.807, 2.05) is 56.6 Å². The highest BCUT2D eigenvalue weighted by Gasteiger charge is 2.21. The second kappa shape index (κ2) is 7.49. The Hall–Kier alpha value is -2.65. The molecule has 1 N–H and O–H groups in total. The monoisotopic (exact) mass is 333 g/mol. The third-order valence-corrected chi connectivity index (χ3v) is 4.39. The maximum atomic E-state index is 13.1. The van der Waals surface area contributed by atoms with Gasteiger partial charge < -0.3 is 10.0 Å². The number of benzene rings is 3. The van der Waals surface area contributed by atoms with Crippen LogP contribution < -0.4 is 0 Å². The molecule has 0 aliphatic rings. The van der Waals surface area contributed by atoms with E-state index in [1.54, 1.807) is 12.1 Å². The first-order valence-corrected chi connectivity index (χ1v) is 8.48. The van der Waals surface area contributed by atoms with Crippen LogP contribution >= 0.6 is 0 Å². The fourth-order valence-electron chi connectivity index (χ4n) is 3.20. The highest BCUT2D eigenvalue weighted by atomic mass is 16.3. The van der Waals surface area contributed by atoms with Gasteiger partial charge in [0, 0.05) is 18.0 Å². The number of carbonyl (C=O) groups is 1. The van der Waals surface area contributed by atoms with E-state index in [-0.39, 0.29) is 17.5 Å². The Kier molecular flexibility index (Phi) is 5.15. The zero-order chi connectivity index (χ0) is 17.8. The molecular formula is C22H23NO2. The number of hydrogen-bond donors (Lipinski definition) is 1. The minimum atomic E-state index is -0.0908. The molecule has 0 aromatic heterocycles. The lowest BCUT2D eigenvalue weighted by molar-refractivity contribution is 0.0897. The molecule has 1 unspecified atom stereocenters. The van der Waals surface area contributed by atoms with Crippen LogP contribution in [0.2, 0.25) is 0 Å². The lowest BCUT2D eigenvalue weighted by Crippen LogP contribution is -2.29. The van der Waals surface area contributed by atoms with Crippen LogP contribution in [0, 0.1) is 5.92 Å². The summed E-state index contributed by atoms with van der Waals surface area (Å²) in [5.74, 6) is 0.306. The van der Waals surface area contributed by atoms with Gasteiger partial charge in [0.2, 0.25) is 0 Å². The van der Waals surface area contributed by atoms with Crippen LogP contribution in [0.15, 0.2) is 66.7 Å². The van der Waals surface area contributed by atoms with Crippen LogP contribution in [-0.4, -0.2) is 36.4 Å². The summed E-state index contributed by atoms with van der Waals surface area (Å²) >= 11 is 0. The molecule has 3 rings (SSSR count). The molecule has 3 heteroatoms. The Bertz CT molecular complexity index is 872. The Labute approximate surface area is 148 Å². The van der Waals surface area contributed by atoms with Gasteiger partial charge in [-0.3, -0.25) is 4.79 Å². The fraction of sp³-hybridized carbons (Fsp3) is 0.227. The van der Waals surface area contributed by atoms with Crippen LogP contribution in [-0.2, 0) is 6.42 Å². The van der Waals surface area contributed by atoms with E-state index in [4.69, 9.17) is 0 Å². The Morgan fingerprint density at radius 1 is 0.960 bits per heavy atom. The van der Waals surface area contributed by atoms with E-state index in [0.717, 1.165) is 22.8 Å². The molecule has 1 atom stereocenters. The smallest absolute Gasteiger partial charge is 0.167 e. The first-order valence-electron chi connectivity index (χ1n) is 8.48. The highest BCUT2D eigenvalue weighted by molar-refractivity contribution is 6.01. The van der Waals surface area contributed by atoms with Crippen LogP contribution in [0.4, 0.5) is 0 Å². The number of phenolic OH excluding ortho intramolecular Hbond substituents is 1. The zero-order valence-electron chi connectivity index (χ0n) is 14.6. The fourth-order valence-corrected chi connectivity index (χ4v) is 3.20. The van der Waals surface area contributed by atoms with Gasteiger partial charge in [-0.25, -0.2) is 0 Å². The maximum Gasteiger partial charge on any atom is 0.167 e. The topological polar surface area (TPSA) is 40.5 Å². The summed E-state index contributed by atoms with van der Waals surface area (Å²) in [6.07, 6.45) is 0.728. The van der Waals surface area contributed by atoms with Crippen molar-refractivity contribution >= 4 is 16.6 Å². The molecule has 0 bridgehead atoms. The molecule has 3 nitrogen and oxygen atoms in total. The summed E-state index contributed by atoms with van der Waals surface area (Å²) in [6, 6.07) is 21.0. The van der Waals surface area contributed by atoms with Gasteiger partial charge in [0.25, 0.3) is 0 Å². The number of nitrogens with zero attached hydrogens (tertiary/aromatic N) is 1. The lowest BCUT2D eigenvalue weighted by atomic mass is 9.90. The Balaban J connectivity index is 1.89. The van der Waals surface area contributed by atoms with E-state index in [2.05, 4.69) is 17.0 Å². The van der Waals surface area contributed by atoms with Gasteiger partial charge in [-0.15, -0.1) is 0 Å². The van der Waals surface area contributed by atoms with Crippen LogP contribution in [0.25, 0.3) is 10.8 Å². The minimum absolute atomic E-state index is 0.0908. The maximum absolute atomic E-state index is 13.1. The van der Waals surface area contributed by atoms with Crippen molar-refractivity contribution in [2.75, 3.05) is 20.6 Å². The predicted octanol–water partition coefficient (Wildman–Crippen LogP) is 4.15. The molecule has 0 heterocycles. The average Bonchev–Trinajstić information content (AvgIpc) is 2.60. The van der Waals surface area contributed by atoms with Gasteiger partial charge in [-0.1, -0.05) is 48.5 Å². The number of rotatable bonds is 6. The van der Waals surface area contributed by atoms with Crippen LogP contribution in [0.1, 0.15) is 15.9 Å². The normalized spacial score (nSPS) is 12.4. The predicted molar refractivity (Wildman–Crippen MR) is 102 cm³/mol. The number of ketones is 1. The van der Waals surface area contributed by atoms with Crippen molar-refractivity contribution in [2.24, 2.45) is 5.92 Å². The van der Waals surface area contributed by atoms with Crippen molar-refractivity contribution in [2.45, 2.75) is 6.42 Å². The molecule has 0 aliphatic carbocycles. The molecule has 0 aliphatic heterocycles. The number of carbonyl (C=O) groups excluding carboxylic acids is 1. The summed E-state index contributed by atoms with van der Waals surface area (Å²) in [7, 11) is 3.99. The lowest BCUT2D eigenvalue weighted by Gasteiger charge is -2.20. The van der Waals surface area contributed by atoms with Gasteiger partial charge >= 0.3 is 0 Å². The molecule has 3 aromatic rings. The van der Waals surface area contributed by atoms with Gasteiger partial charge in [0.05, 0.1) is 0 Å². The number of hydrogen-bond acceptors (Lipinski definition) is 3. The van der Waals surface area contributed by atoms with Crippen molar-refractivity contribution < 1.29 is 9.90 Å². The van der Waals surface area contributed by atoms with Crippen molar-refractivity contribution in [1.82, 2.24) is 4.90 Å². The number of aromatic hydroxyl groups is 1. The molecule has 0 saturated carbocycles. The average molecular weight is 333 g/mol. The van der Waals surface area contributed by atoms with E-state index in [9.17, 15) is 9.90 Å². The zero-order valence-corrected chi connectivity index (χ0v) is 14.6. The third kappa shape index (κ3) is 4.25.